The fourth-order valence-electron chi connectivity index (χ4n) is 3.21. The highest BCUT2D eigenvalue weighted by atomic mass is 32.2. The molecule has 3 aromatic rings. The second-order valence-electron chi connectivity index (χ2n) is 7.50. The molecule has 1 aliphatic rings. The van der Waals surface area contributed by atoms with Gasteiger partial charge in [-0.25, -0.2) is 17.9 Å². The lowest BCUT2D eigenvalue weighted by Gasteiger charge is -2.14. The fourth-order valence-corrected chi connectivity index (χ4v) is 5.83. The topological polar surface area (TPSA) is 139 Å². The van der Waals surface area contributed by atoms with Gasteiger partial charge >= 0.3 is 12.3 Å². The second kappa shape index (κ2) is 9.27. The summed E-state index contributed by atoms with van der Waals surface area (Å²) in [5.41, 5.74) is 0.528. The van der Waals surface area contributed by atoms with Crippen LogP contribution in [0.4, 0.5) is 18.0 Å². The maximum Gasteiger partial charge on any atom is 0.503 e. The highest BCUT2D eigenvalue weighted by molar-refractivity contribution is 7.91. The van der Waals surface area contributed by atoms with Crippen molar-refractivity contribution in [2.24, 2.45) is 0 Å². The van der Waals surface area contributed by atoms with E-state index in [4.69, 9.17) is 19.7 Å². The zero-order valence-corrected chi connectivity index (χ0v) is 19.3. The molecule has 184 valence electrons. The number of nitrogens with one attached hydrogen (secondary N) is 1. The van der Waals surface area contributed by atoms with Gasteiger partial charge in [-0.05, 0) is 36.2 Å². The third kappa shape index (κ3) is 5.69. The number of hydrogen-bond donors (Lipinski definition) is 3. The van der Waals surface area contributed by atoms with E-state index in [-0.39, 0.29) is 26.2 Å². The van der Waals surface area contributed by atoms with E-state index in [0.29, 0.717) is 12.2 Å². The van der Waals surface area contributed by atoms with Crippen LogP contribution in [0, 0.1) is 0 Å². The summed E-state index contributed by atoms with van der Waals surface area (Å²) in [5.74, 6) is -0.545. The van der Waals surface area contributed by atoms with E-state index < -0.39 is 28.1 Å². The standard InChI is InChI=1S/C19H17F3N2O4S2.CH2O3/c1-18(11-4-3-5-12(8-11)27-2)10-15(18)24-30(25,26)17-7-6-14(29-17)13-9-16(28-23-13)19(20,21)22;2-1(3)4/h3-9,15,24H,10H2,1-2H3;(H2,2,3,4)/t15-,18+;/m0./s1. The Morgan fingerprint density at radius 1 is 1.26 bits per heavy atom. The maximum absolute atomic E-state index is 12.8. The van der Waals surface area contributed by atoms with Crippen LogP contribution in [0.25, 0.3) is 10.6 Å². The highest BCUT2D eigenvalue weighted by Gasteiger charge is 2.53. The number of benzene rings is 1. The van der Waals surface area contributed by atoms with Crippen molar-refractivity contribution in [2.75, 3.05) is 7.11 Å². The largest absolute Gasteiger partial charge is 0.503 e. The molecule has 0 bridgehead atoms. The summed E-state index contributed by atoms with van der Waals surface area (Å²) in [6.07, 6.45) is -5.87. The van der Waals surface area contributed by atoms with Crippen LogP contribution in [0.3, 0.4) is 0 Å². The zero-order chi connectivity index (χ0) is 25.3. The first-order valence-electron chi connectivity index (χ1n) is 9.49. The van der Waals surface area contributed by atoms with Gasteiger partial charge in [0.1, 0.15) is 15.7 Å². The quantitative estimate of drug-likeness (QED) is 0.427. The molecule has 4 rings (SSSR count). The average molecular weight is 521 g/mol. The van der Waals surface area contributed by atoms with Crippen molar-refractivity contribution in [2.45, 2.75) is 35.2 Å². The first kappa shape index (κ1) is 25.5. The van der Waals surface area contributed by atoms with Gasteiger partial charge < -0.3 is 19.5 Å². The van der Waals surface area contributed by atoms with E-state index >= 15 is 0 Å². The molecule has 1 aliphatic carbocycles. The molecule has 1 fully saturated rings. The van der Waals surface area contributed by atoms with Gasteiger partial charge in [0.25, 0.3) is 0 Å². The SMILES string of the molecule is COc1cccc([C@@]2(C)C[C@@H]2NS(=O)(=O)c2ccc(-c3cc(C(F)(F)F)on3)s2)c1.O=C(O)O. The average Bonchev–Trinajstić information content (AvgIpc) is 3.15. The molecule has 0 saturated heterocycles. The number of aromatic nitrogens is 1. The van der Waals surface area contributed by atoms with Crippen molar-refractivity contribution < 1.29 is 45.9 Å². The lowest BCUT2D eigenvalue weighted by Crippen LogP contribution is -2.29. The van der Waals surface area contributed by atoms with Gasteiger partial charge in [-0.3, -0.25) is 0 Å². The van der Waals surface area contributed by atoms with Gasteiger partial charge in [0.2, 0.25) is 15.8 Å². The number of ether oxygens (including phenoxy) is 1. The summed E-state index contributed by atoms with van der Waals surface area (Å²) in [7, 11) is -2.28. The Labute approximate surface area is 195 Å². The smallest absolute Gasteiger partial charge is 0.497 e. The molecule has 34 heavy (non-hydrogen) atoms. The lowest BCUT2D eigenvalue weighted by atomic mass is 9.97. The van der Waals surface area contributed by atoms with E-state index in [1.807, 2.05) is 31.2 Å². The summed E-state index contributed by atoms with van der Waals surface area (Å²) < 4.78 is 75.8. The minimum Gasteiger partial charge on any atom is -0.497 e. The number of carbonyl (C=O) groups is 1. The summed E-state index contributed by atoms with van der Waals surface area (Å²) in [6.45, 7) is 1.96. The molecule has 2 heterocycles. The number of sulfonamides is 1. The molecule has 1 saturated carbocycles. The van der Waals surface area contributed by atoms with Crippen LogP contribution >= 0.6 is 11.3 Å². The van der Waals surface area contributed by atoms with Crippen molar-refractivity contribution >= 4 is 27.5 Å². The van der Waals surface area contributed by atoms with Crippen molar-refractivity contribution in [3.8, 4) is 16.3 Å². The predicted octanol–water partition coefficient (Wildman–Crippen LogP) is 4.66. The van der Waals surface area contributed by atoms with Crippen molar-refractivity contribution in [1.29, 1.82) is 0 Å². The minimum absolute atomic E-state index is 0.00560. The van der Waals surface area contributed by atoms with Crippen LogP contribution < -0.4 is 9.46 Å². The summed E-state index contributed by atoms with van der Waals surface area (Å²) >= 11 is 0.828. The van der Waals surface area contributed by atoms with E-state index in [9.17, 15) is 21.6 Å². The molecule has 9 nitrogen and oxygen atoms in total. The van der Waals surface area contributed by atoms with Crippen LogP contribution in [0.1, 0.15) is 24.7 Å². The second-order valence-corrected chi connectivity index (χ2v) is 10.5. The summed E-state index contributed by atoms with van der Waals surface area (Å²) in [5, 5.41) is 17.3. The van der Waals surface area contributed by atoms with E-state index in [1.165, 1.54) is 12.1 Å². The molecule has 0 amide bonds. The first-order chi connectivity index (χ1) is 15.8. The molecule has 3 N–H and O–H groups in total. The van der Waals surface area contributed by atoms with Crippen LogP contribution in [-0.2, 0) is 21.6 Å². The number of methoxy groups -OCH3 is 1. The summed E-state index contributed by atoms with van der Waals surface area (Å²) in [6, 6.07) is 10.7. The van der Waals surface area contributed by atoms with Crippen LogP contribution in [0.15, 0.2) is 51.2 Å². The number of rotatable bonds is 6. The predicted molar refractivity (Wildman–Crippen MR) is 115 cm³/mol. The Bertz CT molecular complexity index is 1280. The molecule has 1 aromatic carbocycles. The van der Waals surface area contributed by atoms with Crippen molar-refractivity contribution in [3.63, 3.8) is 0 Å². The number of alkyl halides is 3. The maximum atomic E-state index is 12.8. The molecular formula is C20H19F3N2O7S2. The number of nitrogens with zero attached hydrogens (tertiary/aromatic N) is 1. The molecule has 0 aliphatic heterocycles. The summed E-state index contributed by atoms with van der Waals surface area (Å²) in [4.78, 5) is 8.82. The molecule has 2 aromatic heterocycles. The van der Waals surface area contributed by atoms with E-state index in [2.05, 4.69) is 14.4 Å². The normalized spacial score (nSPS) is 19.7. The van der Waals surface area contributed by atoms with Gasteiger partial charge in [0, 0.05) is 17.5 Å². The minimum atomic E-state index is -4.66. The van der Waals surface area contributed by atoms with Crippen molar-refractivity contribution in [1.82, 2.24) is 9.88 Å². The first-order valence-corrected chi connectivity index (χ1v) is 11.8. The third-order valence-electron chi connectivity index (χ3n) is 5.15. The lowest BCUT2D eigenvalue weighted by molar-refractivity contribution is -0.155. The van der Waals surface area contributed by atoms with E-state index in [0.717, 1.165) is 23.0 Å². The molecule has 2 atom stereocenters. The number of carboxylic acid groups (broad SMARTS) is 2. The Morgan fingerprint density at radius 3 is 2.53 bits per heavy atom. The Hall–Kier alpha value is -3.10. The van der Waals surface area contributed by atoms with Gasteiger partial charge in [0.15, 0.2) is 0 Å². The molecule has 0 radical (unpaired) electrons. The van der Waals surface area contributed by atoms with Crippen LogP contribution in [0.2, 0.25) is 0 Å². The van der Waals surface area contributed by atoms with Gasteiger partial charge in [-0.1, -0.05) is 24.2 Å². The Morgan fingerprint density at radius 2 is 1.94 bits per heavy atom. The fraction of sp³-hybridized carbons (Fsp3) is 0.300. The monoisotopic (exact) mass is 520 g/mol. The van der Waals surface area contributed by atoms with Gasteiger partial charge in [0.05, 0.1) is 12.0 Å². The third-order valence-corrected chi connectivity index (χ3v) is 8.22. The number of thiophene rings is 1. The van der Waals surface area contributed by atoms with Crippen LogP contribution in [-0.4, -0.2) is 43.1 Å². The highest BCUT2D eigenvalue weighted by Crippen LogP contribution is 2.49. The Balaban J connectivity index is 0.000000751. The van der Waals surface area contributed by atoms with E-state index in [1.54, 1.807) is 7.11 Å². The number of hydrogen-bond acceptors (Lipinski definition) is 7. The zero-order valence-electron chi connectivity index (χ0n) is 17.7. The Kier molecular flexibility index (Phi) is 6.96. The molecule has 14 heteroatoms. The molecular weight excluding hydrogens is 501 g/mol. The van der Waals surface area contributed by atoms with Crippen molar-refractivity contribution in [3.05, 3.63) is 53.8 Å². The number of halogens is 3. The molecule has 0 unspecified atom stereocenters. The van der Waals surface area contributed by atoms with Gasteiger partial charge in [-0.15, -0.1) is 11.3 Å². The van der Waals surface area contributed by atoms with Crippen LogP contribution in [0.5, 0.6) is 5.75 Å². The van der Waals surface area contributed by atoms with Gasteiger partial charge in [-0.2, -0.15) is 13.2 Å². The molecule has 0 spiro atoms.